The van der Waals surface area contributed by atoms with Gasteiger partial charge in [0.2, 0.25) is 0 Å². The predicted octanol–water partition coefficient (Wildman–Crippen LogP) is 2.74. The number of hydrogen-bond donors (Lipinski definition) is 3. The molecule has 0 aliphatic carbocycles. The molecule has 23 heavy (non-hydrogen) atoms. The fourth-order valence-corrected chi connectivity index (χ4v) is 2.36. The van der Waals surface area contributed by atoms with E-state index in [9.17, 15) is 15.0 Å². The molecule has 0 amide bonds. The van der Waals surface area contributed by atoms with Gasteiger partial charge in [-0.1, -0.05) is 0 Å². The van der Waals surface area contributed by atoms with E-state index in [0.29, 0.717) is 40.6 Å². The van der Waals surface area contributed by atoms with Crippen molar-refractivity contribution in [3.63, 3.8) is 0 Å². The van der Waals surface area contributed by atoms with Crippen molar-refractivity contribution in [1.29, 1.82) is 0 Å². The van der Waals surface area contributed by atoms with Gasteiger partial charge in [-0.25, -0.2) is 14.8 Å². The summed E-state index contributed by atoms with van der Waals surface area (Å²) in [7, 11) is 0. The van der Waals surface area contributed by atoms with Gasteiger partial charge in [0.15, 0.2) is 17.1 Å². The second-order valence-electron chi connectivity index (χ2n) is 5.00. The molecule has 0 saturated heterocycles. The number of carboxylic acid groups (broad SMARTS) is 1. The average molecular weight is 313 g/mol. The number of nitrogens with zero attached hydrogens (tertiary/aromatic N) is 2. The van der Waals surface area contributed by atoms with Crippen molar-refractivity contribution >= 4 is 17.1 Å². The molecule has 2 aromatic heterocycles. The number of hydrogen-bond acceptors (Lipinski definition) is 5. The average Bonchev–Trinajstić information content (AvgIpc) is 2.88. The molecule has 7 nitrogen and oxygen atoms in total. The number of imidazole rings is 1. The van der Waals surface area contributed by atoms with Crippen LogP contribution < -0.4 is 4.74 Å². The minimum absolute atomic E-state index is 0.0192. The molecule has 0 unspecified atom stereocenters. The highest BCUT2D eigenvalue weighted by atomic mass is 16.5. The molecule has 0 radical (unpaired) electrons. The molecule has 3 rings (SSSR count). The molecule has 0 fully saturated rings. The molecule has 118 valence electrons. The van der Waals surface area contributed by atoms with Gasteiger partial charge in [-0.05, 0) is 38.1 Å². The zero-order valence-corrected chi connectivity index (χ0v) is 12.6. The topological polar surface area (TPSA) is 108 Å². The maximum atomic E-state index is 11.5. The van der Waals surface area contributed by atoms with Crippen LogP contribution in [0.25, 0.3) is 22.4 Å². The van der Waals surface area contributed by atoms with Gasteiger partial charge >= 0.3 is 5.97 Å². The van der Waals surface area contributed by atoms with Crippen LogP contribution in [0.15, 0.2) is 24.3 Å². The molecule has 2 heterocycles. The molecule has 0 atom stereocenters. The van der Waals surface area contributed by atoms with Crippen LogP contribution in [0.5, 0.6) is 11.5 Å². The number of aromatic amines is 1. The first-order chi connectivity index (χ1) is 11.0. The molecular formula is C16H15N3O4. The summed E-state index contributed by atoms with van der Waals surface area (Å²) in [5.41, 5.74) is 1.90. The van der Waals surface area contributed by atoms with Crippen LogP contribution in [0.3, 0.4) is 0 Å². The summed E-state index contributed by atoms with van der Waals surface area (Å²) in [4.78, 5) is 23.0. The molecule has 0 spiro atoms. The number of aromatic nitrogens is 3. The van der Waals surface area contributed by atoms with Crippen molar-refractivity contribution in [2.75, 3.05) is 6.61 Å². The Morgan fingerprint density at radius 2 is 2.09 bits per heavy atom. The maximum Gasteiger partial charge on any atom is 0.338 e. The summed E-state index contributed by atoms with van der Waals surface area (Å²) in [5.74, 6) is -0.133. The van der Waals surface area contributed by atoms with Crippen LogP contribution in [0, 0.1) is 6.92 Å². The number of phenolic OH excluding ortho intramolecular Hbond substituents is 1. The van der Waals surface area contributed by atoms with E-state index in [1.165, 1.54) is 12.1 Å². The predicted molar refractivity (Wildman–Crippen MR) is 83.9 cm³/mol. The number of H-pyrrole nitrogens is 1. The van der Waals surface area contributed by atoms with Crippen LogP contribution >= 0.6 is 0 Å². The fourth-order valence-electron chi connectivity index (χ4n) is 2.36. The van der Waals surface area contributed by atoms with Crippen molar-refractivity contribution in [3.05, 3.63) is 35.7 Å². The monoisotopic (exact) mass is 313 g/mol. The van der Waals surface area contributed by atoms with Gasteiger partial charge in [0.05, 0.1) is 23.4 Å². The van der Waals surface area contributed by atoms with Crippen LogP contribution in [0.4, 0.5) is 0 Å². The number of benzene rings is 1. The van der Waals surface area contributed by atoms with E-state index in [1.807, 2.05) is 6.92 Å². The van der Waals surface area contributed by atoms with Gasteiger partial charge in [-0.3, -0.25) is 0 Å². The molecule has 0 aliphatic heterocycles. The number of rotatable bonds is 4. The number of aryl methyl sites for hydroxylation is 1. The van der Waals surface area contributed by atoms with Crippen molar-refractivity contribution in [2.24, 2.45) is 0 Å². The lowest BCUT2D eigenvalue weighted by molar-refractivity contribution is 0.0699. The van der Waals surface area contributed by atoms with Crippen molar-refractivity contribution in [2.45, 2.75) is 13.8 Å². The van der Waals surface area contributed by atoms with Crippen LogP contribution in [0.2, 0.25) is 0 Å². The Kier molecular flexibility index (Phi) is 3.61. The Morgan fingerprint density at radius 3 is 2.78 bits per heavy atom. The normalized spacial score (nSPS) is 10.9. The van der Waals surface area contributed by atoms with E-state index in [2.05, 4.69) is 15.0 Å². The summed E-state index contributed by atoms with van der Waals surface area (Å²) in [6, 6.07) is 6.24. The number of pyridine rings is 1. The minimum Gasteiger partial charge on any atom is -0.504 e. The number of phenols is 1. The van der Waals surface area contributed by atoms with E-state index in [0.717, 1.165) is 0 Å². The highest BCUT2D eigenvalue weighted by molar-refractivity contribution is 6.01. The summed E-state index contributed by atoms with van der Waals surface area (Å²) >= 11 is 0. The first kappa shape index (κ1) is 14.8. The summed E-state index contributed by atoms with van der Waals surface area (Å²) in [5, 5.41) is 19.2. The first-order valence-electron chi connectivity index (χ1n) is 7.06. The van der Waals surface area contributed by atoms with E-state index in [1.54, 1.807) is 19.1 Å². The Hall–Kier alpha value is -3.09. The number of nitrogens with one attached hydrogen (secondary N) is 1. The molecule has 3 N–H and O–H groups in total. The highest BCUT2D eigenvalue weighted by Crippen LogP contribution is 2.32. The number of fused-ring (bicyclic) bond motifs is 1. The maximum absolute atomic E-state index is 11.5. The molecule has 7 heteroatoms. The third-order valence-electron chi connectivity index (χ3n) is 3.37. The van der Waals surface area contributed by atoms with E-state index >= 15 is 0 Å². The number of carbonyl (C=O) groups is 1. The summed E-state index contributed by atoms with van der Waals surface area (Å²) in [6.45, 7) is 3.95. The third kappa shape index (κ3) is 2.68. The zero-order valence-electron chi connectivity index (χ0n) is 12.6. The molecule has 0 saturated carbocycles. The standard InChI is InChI=1S/C16H15N3O4/c1-3-23-13-6-9(4-5-12(13)20)11-7-10(16(21)22)14-15(19-11)18-8(2)17-14/h4-7,20H,3H2,1-2H3,(H,21,22)(H,17,18,19). The van der Waals surface area contributed by atoms with Gasteiger partial charge in [-0.2, -0.15) is 0 Å². The fraction of sp³-hybridized carbons (Fsp3) is 0.188. The van der Waals surface area contributed by atoms with Crippen LogP contribution in [-0.2, 0) is 0 Å². The Labute approximate surface area is 131 Å². The number of aromatic hydroxyl groups is 1. The van der Waals surface area contributed by atoms with Gasteiger partial charge in [-0.15, -0.1) is 0 Å². The second-order valence-corrected chi connectivity index (χ2v) is 5.00. The van der Waals surface area contributed by atoms with Crippen molar-refractivity contribution < 1.29 is 19.7 Å². The molecular weight excluding hydrogens is 298 g/mol. The number of ether oxygens (including phenoxy) is 1. The SMILES string of the molecule is CCOc1cc(-c2cc(C(=O)O)c3[nH]c(C)nc3n2)ccc1O. The van der Waals surface area contributed by atoms with Gasteiger partial charge in [0, 0.05) is 5.56 Å². The van der Waals surface area contributed by atoms with Gasteiger partial charge < -0.3 is 19.9 Å². The molecule has 0 bridgehead atoms. The number of aromatic carboxylic acids is 1. The van der Waals surface area contributed by atoms with E-state index < -0.39 is 5.97 Å². The van der Waals surface area contributed by atoms with Crippen LogP contribution in [-0.4, -0.2) is 37.7 Å². The quantitative estimate of drug-likeness (QED) is 0.683. The summed E-state index contributed by atoms with van der Waals surface area (Å²) in [6.07, 6.45) is 0. The summed E-state index contributed by atoms with van der Waals surface area (Å²) < 4.78 is 5.35. The van der Waals surface area contributed by atoms with E-state index in [-0.39, 0.29) is 11.3 Å². The van der Waals surface area contributed by atoms with Crippen molar-refractivity contribution in [3.8, 4) is 22.8 Å². The first-order valence-corrected chi connectivity index (χ1v) is 7.06. The smallest absolute Gasteiger partial charge is 0.338 e. The molecule has 1 aromatic carbocycles. The lowest BCUT2D eigenvalue weighted by atomic mass is 10.1. The Morgan fingerprint density at radius 1 is 1.30 bits per heavy atom. The zero-order chi connectivity index (χ0) is 16.6. The van der Waals surface area contributed by atoms with Gasteiger partial charge in [0.1, 0.15) is 5.82 Å². The largest absolute Gasteiger partial charge is 0.504 e. The van der Waals surface area contributed by atoms with E-state index in [4.69, 9.17) is 4.74 Å². The molecule has 0 aliphatic rings. The lowest BCUT2D eigenvalue weighted by Crippen LogP contribution is -2.00. The Bertz CT molecular complexity index is 902. The second kappa shape index (κ2) is 5.60. The highest BCUT2D eigenvalue weighted by Gasteiger charge is 2.16. The third-order valence-corrected chi connectivity index (χ3v) is 3.37. The van der Waals surface area contributed by atoms with Crippen molar-refractivity contribution in [1.82, 2.24) is 15.0 Å². The number of carboxylic acids is 1. The van der Waals surface area contributed by atoms with Gasteiger partial charge in [0.25, 0.3) is 0 Å². The van der Waals surface area contributed by atoms with Crippen LogP contribution in [0.1, 0.15) is 23.1 Å². The Balaban J connectivity index is 2.20. The molecule has 3 aromatic rings. The minimum atomic E-state index is -1.06. The lowest BCUT2D eigenvalue weighted by Gasteiger charge is -2.09.